The number of carbonyl (C=O) groups excluding carboxylic acids is 1. The molecule has 2 rings (SSSR count). The van der Waals surface area contributed by atoms with E-state index in [1.807, 2.05) is 0 Å². The molecule has 1 aromatic heterocycles. The number of hydrogen-bond donors (Lipinski definition) is 1. The maximum absolute atomic E-state index is 12.2. The number of furan rings is 1. The topological polar surface area (TPSA) is 74.0 Å². The van der Waals surface area contributed by atoms with Crippen molar-refractivity contribution in [3.05, 3.63) is 24.2 Å². The van der Waals surface area contributed by atoms with Crippen molar-refractivity contribution in [2.24, 2.45) is 5.92 Å². The summed E-state index contributed by atoms with van der Waals surface area (Å²) < 4.78 is 4.95. The molecule has 1 N–H and O–H groups in total. The van der Waals surface area contributed by atoms with E-state index in [-0.39, 0.29) is 12.6 Å². The summed E-state index contributed by atoms with van der Waals surface area (Å²) >= 11 is 0. The highest BCUT2D eigenvalue weighted by molar-refractivity contribution is 5.80. The Bertz CT molecular complexity index is 440. The van der Waals surface area contributed by atoms with Crippen molar-refractivity contribution < 1.29 is 19.1 Å². The van der Waals surface area contributed by atoms with Crippen LogP contribution in [0.1, 0.15) is 18.4 Å². The number of amides is 2. The van der Waals surface area contributed by atoms with Gasteiger partial charge in [-0.3, -0.25) is 4.79 Å². The van der Waals surface area contributed by atoms with Crippen LogP contribution in [0.3, 0.4) is 0 Å². The predicted molar refractivity (Wildman–Crippen MR) is 67.5 cm³/mol. The number of aliphatic carboxylic acids is 1. The summed E-state index contributed by atoms with van der Waals surface area (Å²) in [6, 6.07) is 1.53. The minimum atomic E-state index is -0.981. The van der Waals surface area contributed by atoms with Crippen LogP contribution >= 0.6 is 0 Å². The van der Waals surface area contributed by atoms with E-state index in [2.05, 4.69) is 0 Å². The van der Waals surface area contributed by atoms with Crippen LogP contribution in [0.5, 0.6) is 0 Å². The van der Waals surface area contributed by atoms with Crippen LogP contribution in [0.2, 0.25) is 0 Å². The van der Waals surface area contributed by atoms with E-state index >= 15 is 0 Å². The zero-order chi connectivity index (χ0) is 13.8. The normalized spacial score (nSPS) is 14.2. The van der Waals surface area contributed by atoms with Crippen LogP contribution in [-0.2, 0) is 11.3 Å². The maximum Gasteiger partial charge on any atom is 0.323 e. The lowest BCUT2D eigenvalue weighted by Gasteiger charge is -2.26. The quantitative estimate of drug-likeness (QED) is 0.849. The summed E-state index contributed by atoms with van der Waals surface area (Å²) in [5, 5.41) is 8.88. The molecule has 1 heterocycles. The highest BCUT2D eigenvalue weighted by Gasteiger charge is 2.29. The van der Waals surface area contributed by atoms with Gasteiger partial charge in [0, 0.05) is 19.2 Å². The molecule has 2 amide bonds. The SMILES string of the molecule is CN(Cc1ccoc1)C(=O)N(CC(=O)O)CC1CC1. The van der Waals surface area contributed by atoms with E-state index in [1.54, 1.807) is 25.6 Å². The van der Waals surface area contributed by atoms with Gasteiger partial charge in [-0.2, -0.15) is 0 Å². The Morgan fingerprint density at radius 2 is 2.21 bits per heavy atom. The fraction of sp³-hybridized carbons (Fsp3) is 0.538. The average molecular weight is 266 g/mol. The van der Waals surface area contributed by atoms with E-state index in [0.29, 0.717) is 19.0 Å². The van der Waals surface area contributed by atoms with Gasteiger partial charge in [0.05, 0.1) is 19.1 Å². The molecule has 19 heavy (non-hydrogen) atoms. The van der Waals surface area contributed by atoms with Crippen molar-refractivity contribution in [2.45, 2.75) is 19.4 Å². The molecule has 6 heteroatoms. The number of carboxylic acid groups (broad SMARTS) is 1. The molecule has 1 fully saturated rings. The number of carbonyl (C=O) groups is 2. The van der Waals surface area contributed by atoms with E-state index in [1.165, 1.54) is 9.80 Å². The van der Waals surface area contributed by atoms with Gasteiger partial charge in [-0.05, 0) is 24.8 Å². The average Bonchev–Trinajstić information content (AvgIpc) is 3.02. The van der Waals surface area contributed by atoms with Crippen LogP contribution in [0.4, 0.5) is 4.79 Å². The van der Waals surface area contributed by atoms with Crippen molar-refractivity contribution >= 4 is 12.0 Å². The van der Waals surface area contributed by atoms with E-state index in [4.69, 9.17) is 9.52 Å². The third kappa shape index (κ3) is 4.01. The molecule has 0 bridgehead atoms. The Morgan fingerprint density at radius 3 is 2.74 bits per heavy atom. The molecule has 1 aromatic rings. The Balaban J connectivity index is 1.94. The van der Waals surface area contributed by atoms with Crippen LogP contribution < -0.4 is 0 Å². The zero-order valence-corrected chi connectivity index (χ0v) is 10.9. The molecule has 0 atom stereocenters. The van der Waals surface area contributed by atoms with Gasteiger partial charge >= 0.3 is 12.0 Å². The molecule has 0 unspecified atom stereocenters. The Hall–Kier alpha value is -1.98. The summed E-state index contributed by atoms with van der Waals surface area (Å²) in [6.45, 7) is 0.696. The van der Waals surface area contributed by atoms with Gasteiger partial charge in [0.15, 0.2) is 0 Å². The van der Waals surface area contributed by atoms with Crippen LogP contribution in [-0.4, -0.2) is 47.0 Å². The lowest BCUT2D eigenvalue weighted by molar-refractivity contribution is -0.137. The summed E-state index contributed by atoms with van der Waals surface area (Å²) in [4.78, 5) is 26.0. The van der Waals surface area contributed by atoms with Crippen molar-refractivity contribution in [3.63, 3.8) is 0 Å². The van der Waals surface area contributed by atoms with Crippen molar-refractivity contribution in [1.82, 2.24) is 9.80 Å². The molecule has 0 spiro atoms. The molecule has 0 aliphatic heterocycles. The smallest absolute Gasteiger partial charge is 0.323 e. The van der Waals surface area contributed by atoms with Crippen LogP contribution in [0.15, 0.2) is 23.0 Å². The number of carboxylic acids is 1. The Morgan fingerprint density at radius 1 is 1.47 bits per heavy atom. The van der Waals surface area contributed by atoms with E-state index in [9.17, 15) is 9.59 Å². The minimum Gasteiger partial charge on any atom is -0.480 e. The molecule has 104 valence electrons. The van der Waals surface area contributed by atoms with Gasteiger partial charge < -0.3 is 19.3 Å². The second-order valence-corrected chi connectivity index (χ2v) is 4.99. The van der Waals surface area contributed by atoms with Crippen molar-refractivity contribution in [1.29, 1.82) is 0 Å². The maximum atomic E-state index is 12.2. The van der Waals surface area contributed by atoms with Gasteiger partial charge in [0.1, 0.15) is 6.54 Å². The van der Waals surface area contributed by atoms with Gasteiger partial charge in [-0.1, -0.05) is 0 Å². The van der Waals surface area contributed by atoms with Crippen molar-refractivity contribution in [2.75, 3.05) is 20.1 Å². The number of rotatable bonds is 6. The summed E-state index contributed by atoms with van der Waals surface area (Å²) in [7, 11) is 1.66. The Labute approximate surface area is 111 Å². The predicted octanol–water partition coefficient (Wildman–Crippen LogP) is 1.63. The molecule has 6 nitrogen and oxygen atoms in total. The second kappa shape index (κ2) is 5.77. The Kier molecular flexibility index (Phi) is 4.09. The number of hydrogen-bond acceptors (Lipinski definition) is 3. The summed E-state index contributed by atoms with van der Waals surface area (Å²) in [5.74, 6) is -0.517. The number of nitrogens with zero attached hydrogens (tertiary/aromatic N) is 2. The lowest BCUT2D eigenvalue weighted by Crippen LogP contribution is -2.44. The molecule has 1 saturated carbocycles. The van der Waals surface area contributed by atoms with Crippen LogP contribution in [0, 0.1) is 5.92 Å². The second-order valence-electron chi connectivity index (χ2n) is 4.99. The fourth-order valence-electron chi connectivity index (χ4n) is 1.95. The molecular weight excluding hydrogens is 248 g/mol. The van der Waals surface area contributed by atoms with Gasteiger partial charge in [-0.15, -0.1) is 0 Å². The van der Waals surface area contributed by atoms with E-state index < -0.39 is 5.97 Å². The molecule has 1 aliphatic rings. The van der Waals surface area contributed by atoms with Crippen molar-refractivity contribution in [3.8, 4) is 0 Å². The van der Waals surface area contributed by atoms with Gasteiger partial charge in [0.2, 0.25) is 0 Å². The minimum absolute atomic E-state index is 0.245. The summed E-state index contributed by atoms with van der Waals surface area (Å²) in [6.07, 6.45) is 5.28. The monoisotopic (exact) mass is 266 g/mol. The summed E-state index contributed by atoms with van der Waals surface area (Å²) in [5.41, 5.74) is 0.887. The zero-order valence-electron chi connectivity index (χ0n) is 10.9. The third-order valence-electron chi connectivity index (χ3n) is 3.10. The van der Waals surface area contributed by atoms with E-state index in [0.717, 1.165) is 18.4 Å². The molecule has 0 aromatic carbocycles. The molecule has 0 radical (unpaired) electrons. The molecule has 0 saturated heterocycles. The fourth-order valence-corrected chi connectivity index (χ4v) is 1.95. The first kappa shape index (κ1) is 13.5. The largest absolute Gasteiger partial charge is 0.480 e. The highest BCUT2D eigenvalue weighted by Crippen LogP contribution is 2.30. The highest BCUT2D eigenvalue weighted by atomic mass is 16.4. The lowest BCUT2D eigenvalue weighted by atomic mass is 10.3. The number of urea groups is 1. The molecular formula is C13H18N2O4. The first-order valence-corrected chi connectivity index (χ1v) is 6.29. The van der Waals surface area contributed by atoms with Crippen LogP contribution in [0.25, 0.3) is 0 Å². The van der Waals surface area contributed by atoms with Gasteiger partial charge in [0.25, 0.3) is 0 Å². The first-order chi connectivity index (χ1) is 9.06. The third-order valence-corrected chi connectivity index (χ3v) is 3.10. The molecule has 1 aliphatic carbocycles. The standard InChI is InChI=1S/C13H18N2O4/c1-14(6-11-4-5-19-9-11)13(18)15(8-12(16)17)7-10-2-3-10/h4-5,9-10H,2-3,6-8H2,1H3,(H,16,17). The van der Waals surface area contributed by atoms with Gasteiger partial charge in [-0.25, -0.2) is 4.79 Å². The first-order valence-electron chi connectivity index (χ1n) is 6.29.